The second kappa shape index (κ2) is 7.27. The Hall–Kier alpha value is -1.36. The third-order valence-corrected chi connectivity index (χ3v) is 4.57. The van der Waals surface area contributed by atoms with E-state index in [-0.39, 0.29) is 6.61 Å². The number of halogens is 1. The van der Waals surface area contributed by atoms with Gasteiger partial charge in [-0.3, -0.25) is 4.90 Å². The smallest absolute Gasteiger partial charge is 0.209 e. The molecule has 1 aromatic heterocycles. The Bertz CT molecular complexity index is 612. The van der Waals surface area contributed by atoms with Crippen LogP contribution in [0, 0.1) is 0 Å². The van der Waals surface area contributed by atoms with Gasteiger partial charge in [-0.25, -0.2) is 4.98 Å². The van der Waals surface area contributed by atoms with Gasteiger partial charge in [0.05, 0.1) is 17.8 Å². The number of aromatic nitrogens is 1. The van der Waals surface area contributed by atoms with Crippen LogP contribution in [0.2, 0.25) is 5.02 Å². The van der Waals surface area contributed by atoms with Crippen LogP contribution in [0.3, 0.4) is 0 Å². The second-order valence-corrected chi connectivity index (χ2v) is 6.14. The quantitative estimate of drug-likeness (QED) is 0.912. The molecule has 0 bridgehead atoms. The highest BCUT2D eigenvalue weighted by Crippen LogP contribution is 2.29. The number of rotatable bonds is 5. The lowest BCUT2D eigenvalue weighted by Gasteiger charge is -2.34. The molecular weight excluding hydrogens is 300 g/mol. The van der Waals surface area contributed by atoms with Crippen LogP contribution < -0.4 is 0 Å². The lowest BCUT2D eigenvalue weighted by atomic mass is 10.00. The summed E-state index contributed by atoms with van der Waals surface area (Å²) in [5.41, 5.74) is 0.869. The number of aliphatic hydroxyl groups is 1. The maximum absolute atomic E-state index is 9.21. The molecule has 0 spiro atoms. The summed E-state index contributed by atoms with van der Waals surface area (Å²) in [6, 6.07) is 8.04. The maximum atomic E-state index is 9.21. The zero-order chi connectivity index (χ0) is 15.4. The van der Waals surface area contributed by atoms with Gasteiger partial charge in [-0.2, -0.15) is 0 Å². The van der Waals surface area contributed by atoms with Crippen molar-refractivity contribution in [3.05, 3.63) is 41.4 Å². The zero-order valence-electron chi connectivity index (χ0n) is 12.5. The van der Waals surface area contributed by atoms with E-state index < -0.39 is 0 Å². The van der Waals surface area contributed by atoms with E-state index in [9.17, 15) is 5.11 Å². The number of piperidine rings is 1. The van der Waals surface area contributed by atoms with Crippen molar-refractivity contribution in [1.82, 2.24) is 9.88 Å². The standard InChI is InChI=1S/C17H21ClN2O2/c18-15-7-2-1-6-14(15)16-11-19-17(22-16)12-20-9-4-3-5-13(20)8-10-21/h1-2,6-7,11,13,21H,3-5,8-10,12H2. The van der Waals surface area contributed by atoms with Gasteiger partial charge >= 0.3 is 0 Å². The first kappa shape index (κ1) is 15.5. The lowest BCUT2D eigenvalue weighted by molar-refractivity contribution is 0.103. The van der Waals surface area contributed by atoms with Crippen LogP contribution in [0.15, 0.2) is 34.9 Å². The molecule has 3 rings (SSSR count). The molecule has 1 saturated heterocycles. The van der Waals surface area contributed by atoms with E-state index in [2.05, 4.69) is 9.88 Å². The summed E-state index contributed by atoms with van der Waals surface area (Å²) in [6.45, 7) is 1.96. The molecule has 4 nitrogen and oxygen atoms in total. The van der Waals surface area contributed by atoms with Crippen molar-refractivity contribution >= 4 is 11.6 Å². The molecule has 1 atom stereocenters. The van der Waals surface area contributed by atoms with E-state index in [1.807, 2.05) is 24.3 Å². The van der Waals surface area contributed by atoms with Crippen LogP contribution in [0.1, 0.15) is 31.6 Å². The minimum atomic E-state index is 0.234. The molecule has 1 fully saturated rings. The molecule has 1 aliphatic rings. The molecule has 1 N–H and O–H groups in total. The minimum absolute atomic E-state index is 0.234. The maximum Gasteiger partial charge on any atom is 0.209 e. The molecule has 0 aliphatic carbocycles. The fourth-order valence-corrected chi connectivity index (χ4v) is 3.32. The van der Waals surface area contributed by atoms with Gasteiger partial charge < -0.3 is 9.52 Å². The van der Waals surface area contributed by atoms with Gasteiger partial charge in [-0.1, -0.05) is 30.2 Å². The second-order valence-electron chi connectivity index (χ2n) is 5.73. The number of hydrogen-bond acceptors (Lipinski definition) is 4. The normalized spacial score (nSPS) is 19.5. The number of nitrogens with zero attached hydrogens (tertiary/aromatic N) is 2. The van der Waals surface area contributed by atoms with Gasteiger partial charge in [-0.05, 0) is 37.9 Å². The molecule has 2 heterocycles. The molecule has 1 aromatic carbocycles. The highest BCUT2D eigenvalue weighted by atomic mass is 35.5. The Labute approximate surface area is 135 Å². The largest absolute Gasteiger partial charge is 0.439 e. The highest BCUT2D eigenvalue weighted by Gasteiger charge is 2.23. The summed E-state index contributed by atoms with van der Waals surface area (Å²) < 4.78 is 5.88. The number of aliphatic hydroxyl groups excluding tert-OH is 1. The summed E-state index contributed by atoms with van der Waals surface area (Å²) in [4.78, 5) is 6.76. The summed E-state index contributed by atoms with van der Waals surface area (Å²) in [6.07, 6.45) is 6.12. The number of hydrogen-bond donors (Lipinski definition) is 1. The topological polar surface area (TPSA) is 49.5 Å². The Balaban J connectivity index is 1.72. The summed E-state index contributed by atoms with van der Waals surface area (Å²) >= 11 is 6.20. The first-order valence-corrected chi connectivity index (χ1v) is 8.20. The third-order valence-electron chi connectivity index (χ3n) is 4.24. The first-order chi connectivity index (χ1) is 10.8. The van der Waals surface area contributed by atoms with E-state index >= 15 is 0 Å². The Kier molecular flexibility index (Phi) is 5.13. The van der Waals surface area contributed by atoms with Gasteiger partial charge in [-0.15, -0.1) is 0 Å². The number of benzene rings is 1. The van der Waals surface area contributed by atoms with E-state index in [1.54, 1.807) is 6.20 Å². The Morgan fingerprint density at radius 3 is 3.00 bits per heavy atom. The molecule has 22 heavy (non-hydrogen) atoms. The average Bonchev–Trinajstić information content (AvgIpc) is 2.98. The molecule has 0 radical (unpaired) electrons. The summed E-state index contributed by atoms with van der Waals surface area (Å²) in [5, 5.41) is 9.87. The van der Waals surface area contributed by atoms with Crippen molar-refractivity contribution in [3.63, 3.8) is 0 Å². The summed E-state index contributed by atoms with van der Waals surface area (Å²) in [7, 11) is 0. The van der Waals surface area contributed by atoms with Gasteiger partial charge in [0.25, 0.3) is 0 Å². The highest BCUT2D eigenvalue weighted by molar-refractivity contribution is 6.33. The fourth-order valence-electron chi connectivity index (χ4n) is 3.09. The predicted molar refractivity (Wildman–Crippen MR) is 86.7 cm³/mol. The van der Waals surface area contributed by atoms with Crippen molar-refractivity contribution in [2.24, 2.45) is 0 Å². The Morgan fingerprint density at radius 1 is 1.32 bits per heavy atom. The first-order valence-electron chi connectivity index (χ1n) is 7.82. The number of likely N-dealkylation sites (tertiary alicyclic amines) is 1. The van der Waals surface area contributed by atoms with Crippen LogP contribution in [0.25, 0.3) is 11.3 Å². The van der Waals surface area contributed by atoms with Gasteiger partial charge in [0, 0.05) is 18.2 Å². The van der Waals surface area contributed by atoms with Crippen molar-refractivity contribution in [2.75, 3.05) is 13.2 Å². The SMILES string of the molecule is OCCC1CCCCN1Cc1ncc(-c2ccccc2Cl)o1. The van der Waals surface area contributed by atoms with Gasteiger partial charge in [0.1, 0.15) is 0 Å². The predicted octanol–water partition coefficient (Wildman–Crippen LogP) is 3.73. The van der Waals surface area contributed by atoms with Gasteiger partial charge in [0.2, 0.25) is 5.89 Å². The van der Waals surface area contributed by atoms with Crippen LogP contribution in [-0.2, 0) is 6.54 Å². The molecule has 118 valence electrons. The Morgan fingerprint density at radius 2 is 2.18 bits per heavy atom. The van der Waals surface area contributed by atoms with Crippen molar-refractivity contribution in [2.45, 2.75) is 38.3 Å². The van der Waals surface area contributed by atoms with Crippen LogP contribution in [0.5, 0.6) is 0 Å². The van der Waals surface area contributed by atoms with Crippen LogP contribution in [-0.4, -0.2) is 34.2 Å². The van der Waals surface area contributed by atoms with Crippen LogP contribution >= 0.6 is 11.6 Å². The van der Waals surface area contributed by atoms with Crippen molar-refractivity contribution in [1.29, 1.82) is 0 Å². The minimum Gasteiger partial charge on any atom is -0.439 e. The molecule has 0 saturated carbocycles. The van der Waals surface area contributed by atoms with Crippen molar-refractivity contribution < 1.29 is 9.52 Å². The van der Waals surface area contributed by atoms with Crippen molar-refractivity contribution in [3.8, 4) is 11.3 Å². The van der Waals surface area contributed by atoms with E-state index in [4.69, 9.17) is 16.0 Å². The van der Waals surface area contributed by atoms with E-state index in [1.165, 1.54) is 12.8 Å². The zero-order valence-corrected chi connectivity index (χ0v) is 13.3. The molecule has 2 aromatic rings. The van der Waals surface area contributed by atoms with Gasteiger partial charge in [0.15, 0.2) is 5.76 Å². The lowest BCUT2D eigenvalue weighted by Crippen LogP contribution is -2.39. The molecule has 5 heteroatoms. The third kappa shape index (κ3) is 3.51. The number of oxazole rings is 1. The molecule has 1 unspecified atom stereocenters. The molecule has 0 amide bonds. The molecular formula is C17H21ClN2O2. The summed E-state index contributed by atoms with van der Waals surface area (Å²) in [5.74, 6) is 1.41. The monoisotopic (exact) mass is 320 g/mol. The average molecular weight is 321 g/mol. The van der Waals surface area contributed by atoms with E-state index in [0.29, 0.717) is 29.3 Å². The fraction of sp³-hybridized carbons (Fsp3) is 0.471. The molecule has 1 aliphatic heterocycles. The van der Waals surface area contributed by atoms with E-state index in [0.717, 1.165) is 24.9 Å². The van der Waals surface area contributed by atoms with Crippen LogP contribution in [0.4, 0.5) is 0 Å².